The fraction of sp³-hybridized carbons (Fsp3) is 0.900. The summed E-state index contributed by atoms with van der Waals surface area (Å²) >= 11 is 0. The normalized spacial score (nSPS) is 19.2. The van der Waals surface area contributed by atoms with E-state index in [1.165, 1.54) is 0 Å². The van der Waals surface area contributed by atoms with Gasteiger partial charge in [0.05, 0.1) is 0 Å². The van der Waals surface area contributed by atoms with Gasteiger partial charge < -0.3 is 9.64 Å². The van der Waals surface area contributed by atoms with Crippen molar-refractivity contribution < 1.29 is 9.53 Å². The molecule has 0 spiro atoms. The number of likely N-dealkylation sites (tertiary alicyclic amines) is 1. The molecule has 0 saturated carbocycles. The summed E-state index contributed by atoms with van der Waals surface area (Å²) in [6, 6.07) is 0. The molecule has 1 saturated heterocycles. The minimum Gasteiger partial charge on any atom is -0.446 e. The van der Waals surface area contributed by atoms with Gasteiger partial charge in [0.2, 0.25) is 0 Å². The molecule has 76 valence electrons. The third-order valence-corrected chi connectivity index (χ3v) is 2.61. The Kier molecular flexibility index (Phi) is 2.84. The molecule has 1 amide bonds. The maximum atomic E-state index is 11.4. The van der Waals surface area contributed by atoms with Crippen LogP contribution >= 0.6 is 0 Å². The van der Waals surface area contributed by atoms with Crippen LogP contribution in [0.15, 0.2) is 0 Å². The molecule has 0 unspecified atom stereocenters. The summed E-state index contributed by atoms with van der Waals surface area (Å²) in [6.45, 7) is 9.87. The van der Waals surface area contributed by atoms with Crippen molar-refractivity contribution in [3.05, 3.63) is 0 Å². The minimum atomic E-state index is -0.159. The number of amides is 1. The maximum absolute atomic E-state index is 11.4. The number of ether oxygens (including phenoxy) is 1. The fourth-order valence-corrected chi connectivity index (χ4v) is 0.901. The second-order valence-corrected chi connectivity index (χ2v) is 4.73. The largest absolute Gasteiger partial charge is 0.446 e. The van der Waals surface area contributed by atoms with Crippen LogP contribution in [0.2, 0.25) is 0 Å². The van der Waals surface area contributed by atoms with Gasteiger partial charge in [-0.2, -0.15) is 0 Å². The van der Waals surface area contributed by atoms with Crippen molar-refractivity contribution in [1.29, 1.82) is 0 Å². The second-order valence-electron chi connectivity index (χ2n) is 4.73. The zero-order valence-corrected chi connectivity index (χ0v) is 8.96. The van der Waals surface area contributed by atoms with Gasteiger partial charge in [0.15, 0.2) is 0 Å². The molecule has 1 atom stereocenters. The van der Waals surface area contributed by atoms with Crippen LogP contribution in [-0.2, 0) is 4.74 Å². The van der Waals surface area contributed by atoms with Crippen LogP contribution in [0.25, 0.3) is 0 Å². The van der Waals surface area contributed by atoms with Gasteiger partial charge in [-0.05, 0) is 18.8 Å². The van der Waals surface area contributed by atoms with Crippen LogP contribution in [-0.4, -0.2) is 30.2 Å². The van der Waals surface area contributed by atoms with Crippen molar-refractivity contribution in [3.8, 4) is 0 Å². The van der Waals surface area contributed by atoms with Crippen LogP contribution in [0.1, 0.15) is 34.1 Å². The first-order chi connectivity index (χ1) is 5.91. The molecule has 1 aliphatic rings. The highest BCUT2D eigenvalue weighted by Crippen LogP contribution is 2.23. The van der Waals surface area contributed by atoms with E-state index in [1.807, 2.05) is 6.92 Å². The van der Waals surface area contributed by atoms with Crippen LogP contribution in [0, 0.1) is 5.41 Å². The predicted octanol–water partition coefficient (Wildman–Crippen LogP) is 2.26. The second kappa shape index (κ2) is 3.56. The van der Waals surface area contributed by atoms with Crippen molar-refractivity contribution in [2.75, 3.05) is 13.1 Å². The molecule has 1 aliphatic heterocycles. The summed E-state index contributed by atoms with van der Waals surface area (Å²) in [5.74, 6) is 0. The molecule has 1 fully saturated rings. The number of rotatable bonds is 1. The van der Waals surface area contributed by atoms with E-state index in [4.69, 9.17) is 4.74 Å². The summed E-state index contributed by atoms with van der Waals surface area (Å²) in [7, 11) is 0. The first-order valence-corrected chi connectivity index (χ1v) is 4.87. The Bertz CT molecular complexity index is 192. The average molecular weight is 185 g/mol. The smallest absolute Gasteiger partial charge is 0.410 e. The van der Waals surface area contributed by atoms with E-state index >= 15 is 0 Å². The third kappa shape index (κ3) is 2.61. The lowest BCUT2D eigenvalue weighted by Crippen LogP contribution is -2.44. The molecule has 13 heavy (non-hydrogen) atoms. The Morgan fingerprint density at radius 1 is 1.38 bits per heavy atom. The van der Waals surface area contributed by atoms with Gasteiger partial charge >= 0.3 is 6.09 Å². The Labute approximate surface area is 80.1 Å². The SMILES string of the molecule is C[C@H](OC(=O)N1CCC1)C(C)(C)C. The Balaban J connectivity index is 2.35. The Morgan fingerprint density at radius 3 is 2.23 bits per heavy atom. The van der Waals surface area contributed by atoms with E-state index in [2.05, 4.69) is 20.8 Å². The average Bonchev–Trinajstić information content (AvgIpc) is 1.79. The van der Waals surface area contributed by atoms with Gasteiger partial charge in [-0.3, -0.25) is 0 Å². The molecule has 0 bridgehead atoms. The molecule has 0 aliphatic carbocycles. The molecular formula is C10H19NO2. The number of carbonyl (C=O) groups is 1. The van der Waals surface area contributed by atoms with E-state index < -0.39 is 0 Å². The number of hydrogen-bond acceptors (Lipinski definition) is 2. The molecule has 1 heterocycles. The molecular weight excluding hydrogens is 166 g/mol. The summed E-state index contributed by atoms with van der Waals surface area (Å²) in [4.78, 5) is 13.1. The number of nitrogens with zero attached hydrogens (tertiary/aromatic N) is 1. The monoisotopic (exact) mass is 185 g/mol. The quantitative estimate of drug-likeness (QED) is 0.627. The topological polar surface area (TPSA) is 29.5 Å². The van der Waals surface area contributed by atoms with Gasteiger partial charge in [-0.15, -0.1) is 0 Å². The zero-order valence-electron chi connectivity index (χ0n) is 8.96. The van der Waals surface area contributed by atoms with Gasteiger partial charge in [0.25, 0.3) is 0 Å². The molecule has 0 aromatic heterocycles. The first kappa shape index (κ1) is 10.4. The van der Waals surface area contributed by atoms with Crippen LogP contribution in [0.4, 0.5) is 4.79 Å². The van der Waals surface area contributed by atoms with Crippen LogP contribution in [0.3, 0.4) is 0 Å². The molecule has 0 aromatic carbocycles. The van der Waals surface area contributed by atoms with Gasteiger partial charge in [-0.1, -0.05) is 20.8 Å². The van der Waals surface area contributed by atoms with Crippen molar-refractivity contribution >= 4 is 6.09 Å². The van der Waals surface area contributed by atoms with Gasteiger partial charge in [0, 0.05) is 13.1 Å². The molecule has 3 nitrogen and oxygen atoms in total. The Hall–Kier alpha value is -0.730. The molecule has 0 aromatic rings. The zero-order chi connectivity index (χ0) is 10.1. The maximum Gasteiger partial charge on any atom is 0.410 e. The highest BCUT2D eigenvalue weighted by molar-refractivity contribution is 5.68. The summed E-state index contributed by atoms with van der Waals surface area (Å²) in [5, 5.41) is 0. The lowest BCUT2D eigenvalue weighted by molar-refractivity contribution is 0.00991. The van der Waals surface area contributed by atoms with Crippen LogP contribution < -0.4 is 0 Å². The highest BCUT2D eigenvalue weighted by atomic mass is 16.6. The first-order valence-electron chi connectivity index (χ1n) is 4.87. The van der Waals surface area contributed by atoms with Crippen molar-refractivity contribution in [2.45, 2.75) is 40.2 Å². The summed E-state index contributed by atoms with van der Waals surface area (Å²) in [6.07, 6.45) is 0.924. The summed E-state index contributed by atoms with van der Waals surface area (Å²) < 4.78 is 5.31. The van der Waals surface area contributed by atoms with Crippen LogP contribution in [0.5, 0.6) is 0 Å². The predicted molar refractivity (Wildman–Crippen MR) is 51.6 cm³/mol. The van der Waals surface area contributed by atoms with E-state index in [9.17, 15) is 4.79 Å². The van der Waals surface area contributed by atoms with E-state index in [0.29, 0.717) is 0 Å². The fourth-order valence-electron chi connectivity index (χ4n) is 0.901. The molecule has 1 rings (SSSR count). The number of carbonyl (C=O) groups excluding carboxylic acids is 1. The highest BCUT2D eigenvalue weighted by Gasteiger charge is 2.28. The Morgan fingerprint density at radius 2 is 1.92 bits per heavy atom. The van der Waals surface area contributed by atoms with Gasteiger partial charge in [0.1, 0.15) is 6.10 Å². The van der Waals surface area contributed by atoms with E-state index in [0.717, 1.165) is 19.5 Å². The summed E-state index contributed by atoms with van der Waals surface area (Å²) in [5.41, 5.74) is 0.0283. The number of hydrogen-bond donors (Lipinski definition) is 0. The molecule has 0 radical (unpaired) electrons. The van der Waals surface area contributed by atoms with Crippen molar-refractivity contribution in [1.82, 2.24) is 4.90 Å². The lowest BCUT2D eigenvalue weighted by atomic mass is 9.90. The van der Waals surface area contributed by atoms with E-state index in [-0.39, 0.29) is 17.6 Å². The standard InChI is InChI=1S/C10H19NO2/c1-8(10(2,3)4)13-9(12)11-6-5-7-11/h8H,5-7H2,1-4H3/t8-/m0/s1. The lowest BCUT2D eigenvalue weighted by Gasteiger charge is -2.34. The van der Waals surface area contributed by atoms with Gasteiger partial charge in [-0.25, -0.2) is 4.79 Å². The molecule has 3 heteroatoms. The van der Waals surface area contributed by atoms with Crippen molar-refractivity contribution in [2.24, 2.45) is 5.41 Å². The van der Waals surface area contributed by atoms with Crippen molar-refractivity contribution in [3.63, 3.8) is 0 Å². The minimum absolute atomic E-state index is 0.0272. The molecule has 0 N–H and O–H groups in total. The third-order valence-electron chi connectivity index (χ3n) is 2.61. The van der Waals surface area contributed by atoms with E-state index in [1.54, 1.807) is 4.90 Å².